The van der Waals surface area contributed by atoms with Gasteiger partial charge in [-0.15, -0.1) is 0 Å². The zero-order valence-electron chi connectivity index (χ0n) is 13.4. The van der Waals surface area contributed by atoms with Crippen molar-refractivity contribution >= 4 is 11.8 Å². The average molecular weight is 322 g/mol. The van der Waals surface area contributed by atoms with Crippen molar-refractivity contribution in [1.82, 2.24) is 29.7 Å². The summed E-state index contributed by atoms with van der Waals surface area (Å²) in [5.41, 5.74) is 1.07. The Hall–Kier alpha value is -3.03. The van der Waals surface area contributed by atoms with Gasteiger partial charge >= 0.3 is 0 Å². The summed E-state index contributed by atoms with van der Waals surface area (Å²) >= 11 is 0. The Bertz CT molecular complexity index is 791. The lowest BCUT2D eigenvalue weighted by atomic mass is 10.3. The van der Waals surface area contributed by atoms with E-state index in [1.807, 2.05) is 37.6 Å². The fourth-order valence-electron chi connectivity index (χ4n) is 2.72. The molecule has 122 valence electrons. The Labute approximate surface area is 139 Å². The Morgan fingerprint density at radius 3 is 2.29 bits per heavy atom. The molecule has 4 rings (SSSR count). The lowest BCUT2D eigenvalue weighted by Crippen LogP contribution is -2.47. The number of hydrogen-bond acceptors (Lipinski definition) is 7. The van der Waals surface area contributed by atoms with Crippen molar-refractivity contribution in [3.8, 4) is 5.82 Å². The summed E-state index contributed by atoms with van der Waals surface area (Å²) < 4.78 is 1.74. The van der Waals surface area contributed by atoms with Crippen LogP contribution in [0.25, 0.3) is 5.82 Å². The average Bonchev–Trinajstić information content (AvgIpc) is 3.17. The summed E-state index contributed by atoms with van der Waals surface area (Å²) in [4.78, 5) is 21.9. The Kier molecular flexibility index (Phi) is 3.78. The second kappa shape index (κ2) is 6.23. The predicted octanol–water partition coefficient (Wildman–Crippen LogP) is 1.09. The number of hydrogen-bond donors (Lipinski definition) is 0. The van der Waals surface area contributed by atoms with Crippen LogP contribution in [0.5, 0.6) is 0 Å². The van der Waals surface area contributed by atoms with E-state index in [0.717, 1.165) is 49.3 Å². The Morgan fingerprint density at radius 1 is 0.875 bits per heavy atom. The van der Waals surface area contributed by atoms with E-state index in [9.17, 15) is 0 Å². The topological polar surface area (TPSA) is 75.9 Å². The first-order chi connectivity index (χ1) is 11.8. The molecule has 3 aromatic heterocycles. The van der Waals surface area contributed by atoms with Crippen LogP contribution in [0.2, 0.25) is 0 Å². The van der Waals surface area contributed by atoms with Gasteiger partial charge in [-0.2, -0.15) is 5.10 Å². The van der Waals surface area contributed by atoms with Gasteiger partial charge in [0.2, 0.25) is 5.95 Å². The molecule has 1 fully saturated rings. The maximum Gasteiger partial charge on any atom is 0.225 e. The molecule has 0 bridgehead atoms. The number of rotatable bonds is 3. The van der Waals surface area contributed by atoms with Gasteiger partial charge in [-0.05, 0) is 18.6 Å². The van der Waals surface area contributed by atoms with Gasteiger partial charge in [-0.3, -0.25) is 0 Å². The summed E-state index contributed by atoms with van der Waals surface area (Å²) in [6, 6.07) is 3.84. The normalized spacial score (nSPS) is 14.9. The highest BCUT2D eigenvalue weighted by molar-refractivity contribution is 5.45. The third kappa shape index (κ3) is 2.90. The molecule has 8 nitrogen and oxygen atoms in total. The van der Waals surface area contributed by atoms with E-state index in [0.29, 0.717) is 0 Å². The zero-order valence-corrected chi connectivity index (χ0v) is 13.4. The molecule has 0 N–H and O–H groups in total. The fourth-order valence-corrected chi connectivity index (χ4v) is 2.72. The van der Waals surface area contributed by atoms with E-state index < -0.39 is 0 Å². The molecule has 4 heterocycles. The molecule has 1 aliphatic heterocycles. The number of nitrogens with zero attached hydrogens (tertiary/aromatic N) is 8. The van der Waals surface area contributed by atoms with Crippen LogP contribution in [0.15, 0.2) is 43.2 Å². The first-order valence-corrected chi connectivity index (χ1v) is 7.90. The highest BCUT2D eigenvalue weighted by atomic mass is 15.3. The van der Waals surface area contributed by atoms with Gasteiger partial charge in [0.1, 0.15) is 12.1 Å². The number of anilines is 2. The van der Waals surface area contributed by atoms with Gasteiger partial charge in [0.05, 0.1) is 0 Å². The molecule has 0 spiro atoms. The van der Waals surface area contributed by atoms with Crippen molar-refractivity contribution in [1.29, 1.82) is 0 Å². The maximum atomic E-state index is 4.41. The molecular formula is C16H18N8. The second-order valence-corrected chi connectivity index (χ2v) is 5.72. The minimum atomic E-state index is 0.772. The number of aromatic nitrogens is 6. The molecule has 0 aliphatic carbocycles. The van der Waals surface area contributed by atoms with Gasteiger partial charge in [0.15, 0.2) is 5.82 Å². The van der Waals surface area contributed by atoms with Crippen LogP contribution < -0.4 is 9.80 Å². The molecule has 0 saturated carbocycles. The highest BCUT2D eigenvalue weighted by Gasteiger charge is 2.20. The van der Waals surface area contributed by atoms with E-state index >= 15 is 0 Å². The molecule has 1 saturated heterocycles. The summed E-state index contributed by atoms with van der Waals surface area (Å²) in [5.74, 6) is 2.48. The quantitative estimate of drug-likeness (QED) is 0.714. The van der Waals surface area contributed by atoms with Gasteiger partial charge in [0.25, 0.3) is 0 Å². The third-order valence-electron chi connectivity index (χ3n) is 4.03. The van der Waals surface area contributed by atoms with Crippen LogP contribution in [0.3, 0.4) is 0 Å². The summed E-state index contributed by atoms with van der Waals surface area (Å²) in [6.07, 6.45) is 8.91. The van der Waals surface area contributed by atoms with Crippen molar-refractivity contribution in [2.45, 2.75) is 6.92 Å². The zero-order chi connectivity index (χ0) is 16.4. The Morgan fingerprint density at radius 2 is 1.58 bits per heavy atom. The molecule has 3 aromatic rings. The summed E-state index contributed by atoms with van der Waals surface area (Å²) in [6.45, 7) is 5.46. The van der Waals surface area contributed by atoms with Crippen molar-refractivity contribution in [2.75, 3.05) is 36.0 Å². The largest absolute Gasteiger partial charge is 0.353 e. The van der Waals surface area contributed by atoms with E-state index in [-0.39, 0.29) is 0 Å². The second-order valence-electron chi connectivity index (χ2n) is 5.72. The fraction of sp³-hybridized carbons (Fsp3) is 0.312. The van der Waals surface area contributed by atoms with Crippen molar-refractivity contribution in [2.24, 2.45) is 0 Å². The van der Waals surface area contributed by atoms with Gasteiger partial charge < -0.3 is 9.80 Å². The van der Waals surface area contributed by atoms with Crippen molar-refractivity contribution < 1.29 is 0 Å². The first kappa shape index (κ1) is 14.6. The molecule has 0 aromatic carbocycles. The standard InChI is InChI=1S/C16H18N8/c1-13-10-17-16(18-11-13)23-7-5-22(6-8-23)14-9-15(20-12-19-14)24-4-2-3-21-24/h2-4,9-12H,5-8H2,1H3. The van der Waals surface area contributed by atoms with Gasteiger partial charge in [-0.25, -0.2) is 24.6 Å². The molecule has 0 amide bonds. The highest BCUT2D eigenvalue weighted by Crippen LogP contribution is 2.17. The molecular weight excluding hydrogens is 304 g/mol. The predicted molar refractivity (Wildman–Crippen MR) is 90.3 cm³/mol. The van der Waals surface area contributed by atoms with Crippen LogP contribution in [0.4, 0.5) is 11.8 Å². The van der Waals surface area contributed by atoms with Crippen LogP contribution in [0.1, 0.15) is 5.56 Å². The third-order valence-corrected chi connectivity index (χ3v) is 4.03. The van der Waals surface area contributed by atoms with Gasteiger partial charge in [0, 0.05) is 57.0 Å². The summed E-state index contributed by atoms with van der Waals surface area (Å²) in [7, 11) is 0. The van der Waals surface area contributed by atoms with E-state index in [1.54, 1.807) is 17.2 Å². The van der Waals surface area contributed by atoms with E-state index in [4.69, 9.17) is 0 Å². The van der Waals surface area contributed by atoms with Crippen LogP contribution >= 0.6 is 0 Å². The van der Waals surface area contributed by atoms with Gasteiger partial charge in [-0.1, -0.05) is 0 Å². The number of piperazine rings is 1. The Balaban J connectivity index is 1.46. The molecule has 1 aliphatic rings. The lowest BCUT2D eigenvalue weighted by Gasteiger charge is -2.35. The van der Waals surface area contributed by atoms with Crippen molar-refractivity contribution in [3.63, 3.8) is 0 Å². The maximum absolute atomic E-state index is 4.41. The van der Waals surface area contributed by atoms with E-state index in [2.05, 4.69) is 34.8 Å². The lowest BCUT2D eigenvalue weighted by molar-refractivity contribution is 0.633. The minimum absolute atomic E-state index is 0.772. The molecule has 24 heavy (non-hydrogen) atoms. The summed E-state index contributed by atoms with van der Waals surface area (Å²) in [5, 5.41) is 4.21. The minimum Gasteiger partial charge on any atom is -0.353 e. The van der Waals surface area contributed by atoms with Crippen molar-refractivity contribution in [3.05, 3.63) is 48.8 Å². The van der Waals surface area contributed by atoms with Crippen LogP contribution in [-0.2, 0) is 0 Å². The smallest absolute Gasteiger partial charge is 0.225 e. The molecule has 0 radical (unpaired) electrons. The number of aryl methyl sites for hydroxylation is 1. The SMILES string of the molecule is Cc1cnc(N2CCN(c3cc(-n4cccn4)ncn3)CC2)nc1. The molecule has 0 unspecified atom stereocenters. The molecule has 8 heteroatoms. The molecule has 0 atom stereocenters. The van der Waals surface area contributed by atoms with E-state index in [1.165, 1.54) is 0 Å². The van der Waals surface area contributed by atoms with Crippen LogP contribution in [-0.4, -0.2) is 55.9 Å². The monoisotopic (exact) mass is 322 g/mol. The first-order valence-electron chi connectivity index (χ1n) is 7.90. The van der Waals surface area contributed by atoms with Crippen LogP contribution in [0, 0.1) is 6.92 Å².